The molecule has 1 aromatic heterocycles. The van der Waals surface area contributed by atoms with Crippen molar-refractivity contribution in [3.63, 3.8) is 0 Å². The summed E-state index contributed by atoms with van der Waals surface area (Å²) >= 11 is 5.58. The largest absolute Gasteiger partial charge is 0.468 e. The Hall–Kier alpha value is -1.07. The van der Waals surface area contributed by atoms with Gasteiger partial charge < -0.3 is 15.1 Å². The summed E-state index contributed by atoms with van der Waals surface area (Å²) in [5, 5.41) is 7.88. The Morgan fingerprint density at radius 2 is 2.12 bits per heavy atom. The number of nitrogens with one attached hydrogen (secondary N) is 2. The molecule has 4 atom stereocenters. The van der Waals surface area contributed by atoms with Gasteiger partial charge in [-0.2, -0.15) is 0 Å². The number of likely N-dealkylation sites (tertiary alicyclic amines) is 1. The van der Waals surface area contributed by atoms with Gasteiger partial charge in [0, 0.05) is 12.6 Å². The van der Waals surface area contributed by atoms with E-state index in [1.807, 2.05) is 6.07 Å². The average molecular weight is 348 g/mol. The first-order valence-corrected chi connectivity index (χ1v) is 10.0. The topological polar surface area (TPSA) is 40.4 Å². The zero-order valence-corrected chi connectivity index (χ0v) is 15.2. The van der Waals surface area contributed by atoms with Crippen molar-refractivity contribution in [2.75, 3.05) is 19.6 Å². The van der Waals surface area contributed by atoms with E-state index in [9.17, 15) is 0 Å². The van der Waals surface area contributed by atoms with Gasteiger partial charge in [0.2, 0.25) is 0 Å². The zero-order valence-electron chi connectivity index (χ0n) is 14.4. The fourth-order valence-corrected chi connectivity index (χ4v) is 5.19. The minimum atomic E-state index is 0.278. The van der Waals surface area contributed by atoms with E-state index in [1.165, 1.54) is 44.9 Å². The smallest absolute Gasteiger partial charge is 0.166 e. The Morgan fingerprint density at radius 3 is 2.79 bits per heavy atom. The molecular formula is C19H29N3OS. The van der Waals surface area contributed by atoms with Crippen molar-refractivity contribution in [1.29, 1.82) is 0 Å². The van der Waals surface area contributed by atoms with Crippen molar-refractivity contribution >= 4 is 17.3 Å². The molecule has 2 saturated carbocycles. The van der Waals surface area contributed by atoms with Crippen LogP contribution in [0.1, 0.15) is 56.7 Å². The van der Waals surface area contributed by atoms with Crippen molar-refractivity contribution in [3.05, 3.63) is 24.2 Å². The van der Waals surface area contributed by atoms with Crippen molar-refractivity contribution in [2.24, 2.45) is 11.8 Å². The summed E-state index contributed by atoms with van der Waals surface area (Å²) in [6.07, 6.45) is 11.2. The average Bonchev–Trinajstić information content (AvgIpc) is 3.34. The summed E-state index contributed by atoms with van der Waals surface area (Å²) < 4.78 is 5.71. The van der Waals surface area contributed by atoms with E-state index in [2.05, 4.69) is 21.6 Å². The number of piperidine rings is 1. The number of hydrogen-bond acceptors (Lipinski definition) is 3. The van der Waals surface area contributed by atoms with Crippen LogP contribution in [0.15, 0.2) is 22.8 Å². The second kappa shape index (κ2) is 7.44. The molecule has 5 heteroatoms. The van der Waals surface area contributed by atoms with Gasteiger partial charge in [-0.05, 0) is 81.4 Å². The van der Waals surface area contributed by atoms with E-state index in [0.29, 0.717) is 6.04 Å². The third kappa shape index (κ3) is 3.62. The highest BCUT2D eigenvalue weighted by Crippen LogP contribution is 2.44. The summed E-state index contributed by atoms with van der Waals surface area (Å²) in [5.41, 5.74) is 0. The van der Waals surface area contributed by atoms with Crippen LogP contribution in [0.4, 0.5) is 0 Å². The van der Waals surface area contributed by atoms with Gasteiger partial charge in [-0.3, -0.25) is 4.90 Å². The molecule has 0 aromatic carbocycles. The molecule has 1 aliphatic heterocycles. The van der Waals surface area contributed by atoms with Crippen molar-refractivity contribution in [1.82, 2.24) is 15.5 Å². The second-order valence-electron chi connectivity index (χ2n) is 7.76. The lowest BCUT2D eigenvalue weighted by atomic mass is 9.95. The highest BCUT2D eigenvalue weighted by atomic mass is 32.1. The van der Waals surface area contributed by atoms with Gasteiger partial charge in [0.15, 0.2) is 5.11 Å². The molecular weight excluding hydrogens is 318 g/mol. The van der Waals surface area contributed by atoms with Crippen LogP contribution in [0.2, 0.25) is 0 Å². The fraction of sp³-hybridized carbons (Fsp3) is 0.737. The molecule has 4 unspecified atom stereocenters. The number of hydrogen-bond donors (Lipinski definition) is 2. The van der Waals surface area contributed by atoms with Gasteiger partial charge in [0.05, 0.1) is 12.3 Å². The van der Waals surface area contributed by atoms with Gasteiger partial charge in [-0.1, -0.05) is 12.8 Å². The Kier molecular flexibility index (Phi) is 5.09. The lowest BCUT2D eigenvalue weighted by Gasteiger charge is -2.34. The van der Waals surface area contributed by atoms with Crippen molar-refractivity contribution in [2.45, 2.75) is 57.0 Å². The van der Waals surface area contributed by atoms with Gasteiger partial charge in [0.1, 0.15) is 5.76 Å². The zero-order chi connectivity index (χ0) is 16.4. The Morgan fingerprint density at radius 1 is 1.25 bits per heavy atom. The molecule has 4 nitrogen and oxygen atoms in total. The Labute approximate surface area is 150 Å². The van der Waals surface area contributed by atoms with E-state index in [1.54, 1.807) is 6.26 Å². The van der Waals surface area contributed by atoms with Crippen molar-refractivity contribution < 1.29 is 4.42 Å². The predicted molar refractivity (Wildman–Crippen MR) is 99.8 cm³/mol. The number of nitrogens with zero attached hydrogens (tertiary/aromatic N) is 1. The van der Waals surface area contributed by atoms with Gasteiger partial charge in [0.25, 0.3) is 0 Å². The summed E-state index contributed by atoms with van der Waals surface area (Å²) in [7, 11) is 0. The minimum Gasteiger partial charge on any atom is -0.468 e. The summed E-state index contributed by atoms with van der Waals surface area (Å²) in [4.78, 5) is 2.54. The Balaban J connectivity index is 1.32. The number of fused-ring (bicyclic) bond motifs is 2. The third-order valence-electron chi connectivity index (χ3n) is 6.21. The van der Waals surface area contributed by atoms with Crippen molar-refractivity contribution in [3.8, 4) is 0 Å². The van der Waals surface area contributed by atoms with E-state index in [-0.39, 0.29) is 6.04 Å². The quantitative estimate of drug-likeness (QED) is 0.798. The molecule has 0 spiro atoms. The molecule has 1 aromatic rings. The molecule has 3 fully saturated rings. The van der Waals surface area contributed by atoms with Crippen LogP contribution in [0.5, 0.6) is 0 Å². The lowest BCUT2D eigenvalue weighted by Crippen LogP contribution is -2.47. The number of furan rings is 1. The predicted octanol–water partition coefficient (Wildman–Crippen LogP) is 3.46. The summed E-state index contributed by atoms with van der Waals surface area (Å²) in [6.45, 7) is 3.12. The van der Waals surface area contributed by atoms with E-state index >= 15 is 0 Å². The van der Waals surface area contributed by atoms with Crippen LogP contribution in [0, 0.1) is 11.8 Å². The normalized spacial score (nSPS) is 31.1. The monoisotopic (exact) mass is 347 g/mol. The van der Waals surface area contributed by atoms with Crippen LogP contribution >= 0.6 is 12.2 Å². The molecule has 1 saturated heterocycles. The van der Waals surface area contributed by atoms with Crippen LogP contribution in [-0.2, 0) is 0 Å². The van der Waals surface area contributed by atoms with Crippen LogP contribution in [0.25, 0.3) is 0 Å². The highest BCUT2D eigenvalue weighted by Gasteiger charge is 2.39. The van der Waals surface area contributed by atoms with Crippen LogP contribution in [0.3, 0.4) is 0 Å². The fourth-order valence-electron chi connectivity index (χ4n) is 4.95. The highest BCUT2D eigenvalue weighted by molar-refractivity contribution is 7.80. The molecule has 2 bridgehead atoms. The maximum Gasteiger partial charge on any atom is 0.166 e. The number of rotatable bonds is 5. The first kappa shape index (κ1) is 16.4. The van der Waals surface area contributed by atoms with E-state index < -0.39 is 0 Å². The molecule has 24 heavy (non-hydrogen) atoms. The second-order valence-corrected chi connectivity index (χ2v) is 8.17. The number of thiocarbonyl (C=S) groups is 1. The molecule has 0 radical (unpaired) electrons. The Bertz CT molecular complexity index is 541. The molecule has 2 aliphatic carbocycles. The molecule has 4 rings (SSSR count). The van der Waals surface area contributed by atoms with Gasteiger partial charge in [-0.15, -0.1) is 0 Å². The van der Waals surface area contributed by atoms with E-state index in [4.69, 9.17) is 16.6 Å². The SMILES string of the molecule is S=C(NCC(c1ccco1)N1CCCCC1)NC1CC2CCC1C2. The molecule has 2 heterocycles. The molecule has 3 aliphatic rings. The maximum absolute atomic E-state index is 5.71. The first-order chi connectivity index (χ1) is 11.8. The van der Waals surface area contributed by atoms with Gasteiger partial charge >= 0.3 is 0 Å². The standard InChI is InChI=1S/C19H29N3OS/c24-19(21-16-12-14-6-7-15(16)11-14)20-13-17(18-5-4-10-23-18)22-8-2-1-3-9-22/h4-5,10,14-17H,1-3,6-9,11-13H2,(H2,20,21,24). The molecule has 0 amide bonds. The summed E-state index contributed by atoms with van der Waals surface area (Å²) in [5.74, 6) is 2.84. The van der Waals surface area contributed by atoms with E-state index in [0.717, 1.165) is 42.3 Å². The van der Waals surface area contributed by atoms with Gasteiger partial charge in [-0.25, -0.2) is 0 Å². The first-order valence-electron chi connectivity index (χ1n) is 9.61. The molecule has 132 valence electrons. The maximum atomic E-state index is 5.71. The minimum absolute atomic E-state index is 0.278. The third-order valence-corrected chi connectivity index (χ3v) is 6.48. The lowest BCUT2D eigenvalue weighted by molar-refractivity contribution is 0.146. The van der Waals surface area contributed by atoms with Crippen LogP contribution in [-0.4, -0.2) is 35.7 Å². The van der Waals surface area contributed by atoms with Crippen LogP contribution < -0.4 is 10.6 Å². The summed E-state index contributed by atoms with van der Waals surface area (Å²) in [6, 6.07) is 4.95. The molecule has 2 N–H and O–H groups in total.